The average Bonchev–Trinajstić information content (AvgIpc) is 2.90. The zero-order valence-electron chi connectivity index (χ0n) is 13.8. The van der Waals surface area contributed by atoms with E-state index in [0.29, 0.717) is 21.5 Å². The van der Waals surface area contributed by atoms with E-state index in [1.54, 1.807) is 6.08 Å². The molecule has 1 amide bonds. The molecule has 2 aliphatic carbocycles. The topological polar surface area (TPSA) is 90.2 Å². The largest absolute Gasteiger partial charge is 0.481 e. The van der Waals surface area contributed by atoms with Crippen LogP contribution in [-0.2, 0) is 22.4 Å². The molecule has 7 heteroatoms. The van der Waals surface area contributed by atoms with Gasteiger partial charge in [-0.15, -0.1) is 11.3 Å². The minimum Gasteiger partial charge on any atom is -0.481 e. The molecule has 5 nitrogen and oxygen atoms in total. The van der Waals surface area contributed by atoms with E-state index < -0.39 is 17.8 Å². The first-order chi connectivity index (χ1) is 11.9. The van der Waals surface area contributed by atoms with E-state index in [2.05, 4.69) is 18.3 Å². The van der Waals surface area contributed by atoms with Crippen molar-refractivity contribution in [3.8, 4) is 6.07 Å². The van der Waals surface area contributed by atoms with E-state index in [4.69, 9.17) is 11.6 Å². The van der Waals surface area contributed by atoms with Crippen molar-refractivity contribution < 1.29 is 14.7 Å². The number of amides is 1. The van der Waals surface area contributed by atoms with Crippen molar-refractivity contribution in [2.45, 2.75) is 39.0 Å². The van der Waals surface area contributed by atoms with E-state index >= 15 is 0 Å². The molecule has 1 aromatic rings. The Labute approximate surface area is 155 Å². The maximum atomic E-state index is 12.7. The number of aryl methyl sites for hydroxylation is 1. The first-order valence-electron chi connectivity index (χ1n) is 8.33. The van der Waals surface area contributed by atoms with E-state index in [1.165, 1.54) is 11.3 Å². The highest BCUT2D eigenvalue weighted by Gasteiger charge is 2.37. The summed E-state index contributed by atoms with van der Waals surface area (Å²) in [6.07, 6.45) is 4.97. The molecule has 0 fully saturated rings. The van der Waals surface area contributed by atoms with Gasteiger partial charge in [0.1, 0.15) is 11.1 Å². The fourth-order valence-corrected chi connectivity index (χ4v) is 5.02. The lowest BCUT2D eigenvalue weighted by atomic mass is 9.82. The summed E-state index contributed by atoms with van der Waals surface area (Å²) in [7, 11) is 0. The molecule has 0 spiro atoms. The number of allylic oxidation sites excluding steroid dienone is 2. The number of carbonyl (C=O) groups excluding carboxylic acids is 1. The van der Waals surface area contributed by atoms with Gasteiger partial charge in [0.25, 0.3) is 0 Å². The number of carboxylic acid groups (broad SMARTS) is 1. The highest BCUT2D eigenvalue weighted by atomic mass is 35.5. The van der Waals surface area contributed by atoms with Crippen LogP contribution in [0.4, 0.5) is 5.00 Å². The lowest BCUT2D eigenvalue weighted by Gasteiger charge is -2.25. The third kappa shape index (κ3) is 3.58. The van der Waals surface area contributed by atoms with Gasteiger partial charge in [-0.3, -0.25) is 9.59 Å². The molecule has 3 atom stereocenters. The molecule has 0 bridgehead atoms. The molecular weight excluding hydrogens is 360 g/mol. The Bertz CT molecular complexity index is 793. The van der Waals surface area contributed by atoms with Crippen LogP contribution >= 0.6 is 22.9 Å². The molecule has 0 unspecified atom stereocenters. The van der Waals surface area contributed by atoms with Gasteiger partial charge in [0, 0.05) is 9.91 Å². The van der Waals surface area contributed by atoms with Gasteiger partial charge in [0.05, 0.1) is 17.4 Å². The van der Waals surface area contributed by atoms with E-state index in [9.17, 15) is 20.0 Å². The molecule has 1 heterocycles. The van der Waals surface area contributed by atoms with E-state index in [1.807, 2.05) is 0 Å². The van der Waals surface area contributed by atoms with Gasteiger partial charge in [-0.05, 0) is 43.6 Å². The van der Waals surface area contributed by atoms with E-state index in [0.717, 1.165) is 29.7 Å². The normalized spacial score (nSPS) is 25.5. The Kier molecular flexibility index (Phi) is 5.16. The average molecular weight is 379 g/mol. The molecule has 0 saturated carbocycles. The second-order valence-electron chi connectivity index (χ2n) is 6.80. The van der Waals surface area contributed by atoms with Crippen molar-refractivity contribution in [1.82, 2.24) is 0 Å². The number of thiophene rings is 1. The highest BCUT2D eigenvalue weighted by Crippen LogP contribution is 2.40. The molecule has 2 N–H and O–H groups in total. The number of carboxylic acids is 1. The smallest absolute Gasteiger partial charge is 0.307 e. The van der Waals surface area contributed by atoms with Crippen molar-refractivity contribution in [2.75, 3.05) is 5.32 Å². The van der Waals surface area contributed by atoms with Gasteiger partial charge in [0.2, 0.25) is 5.91 Å². The van der Waals surface area contributed by atoms with Crippen LogP contribution in [0.25, 0.3) is 0 Å². The number of nitrogens with zero attached hydrogens (tertiary/aromatic N) is 1. The third-order valence-electron chi connectivity index (χ3n) is 5.00. The van der Waals surface area contributed by atoms with Gasteiger partial charge >= 0.3 is 5.97 Å². The predicted molar refractivity (Wildman–Crippen MR) is 96.6 cm³/mol. The molecule has 0 radical (unpaired) electrons. The minimum atomic E-state index is -1.000. The summed E-state index contributed by atoms with van der Waals surface area (Å²) < 4.78 is 0. The summed E-state index contributed by atoms with van der Waals surface area (Å²) >= 11 is 7.47. The zero-order valence-corrected chi connectivity index (χ0v) is 15.4. The van der Waals surface area contributed by atoms with Gasteiger partial charge in [0.15, 0.2) is 0 Å². The Morgan fingerprint density at radius 3 is 2.84 bits per heavy atom. The fraction of sp³-hybridized carbons (Fsp3) is 0.500. The summed E-state index contributed by atoms with van der Waals surface area (Å²) in [5.41, 5.74) is 1.57. The molecule has 25 heavy (non-hydrogen) atoms. The Balaban J connectivity index is 1.85. The highest BCUT2D eigenvalue weighted by molar-refractivity contribution is 7.16. The number of hydrogen-bond donors (Lipinski definition) is 2. The fourth-order valence-electron chi connectivity index (χ4n) is 3.57. The minimum absolute atomic E-state index is 0.217. The predicted octanol–water partition coefficient (Wildman–Crippen LogP) is 3.92. The Hall–Kier alpha value is -1.84. The number of rotatable bonds is 3. The molecule has 0 aliphatic heterocycles. The maximum absolute atomic E-state index is 12.7. The van der Waals surface area contributed by atoms with Crippen LogP contribution in [0.5, 0.6) is 0 Å². The van der Waals surface area contributed by atoms with Gasteiger partial charge in [-0.2, -0.15) is 5.26 Å². The number of aliphatic carboxylic acids is 1. The van der Waals surface area contributed by atoms with Crippen molar-refractivity contribution in [3.05, 3.63) is 27.1 Å². The number of nitrogens with one attached hydrogen (secondary N) is 1. The van der Waals surface area contributed by atoms with Crippen LogP contribution < -0.4 is 5.32 Å². The van der Waals surface area contributed by atoms with Crippen molar-refractivity contribution in [3.63, 3.8) is 0 Å². The van der Waals surface area contributed by atoms with Crippen LogP contribution in [0.2, 0.25) is 0 Å². The SMILES string of the molecule is C[C@H]1CCc2sc(NC(=O)[C@H]3CC(Cl)=CC[C@@H]3C(=O)O)c(C#N)c2C1. The molecule has 132 valence electrons. The molecular formula is C18H19ClN2O3S. The van der Waals surface area contributed by atoms with Crippen molar-refractivity contribution in [1.29, 1.82) is 5.26 Å². The van der Waals surface area contributed by atoms with Gasteiger partial charge in [-0.25, -0.2) is 0 Å². The Morgan fingerprint density at radius 2 is 2.16 bits per heavy atom. The molecule has 0 saturated heterocycles. The quantitative estimate of drug-likeness (QED) is 0.834. The summed E-state index contributed by atoms with van der Waals surface area (Å²) in [6.45, 7) is 2.16. The third-order valence-corrected chi connectivity index (χ3v) is 6.52. The van der Waals surface area contributed by atoms with Gasteiger partial charge in [-0.1, -0.05) is 24.6 Å². The number of fused-ring (bicyclic) bond motifs is 1. The molecule has 1 aromatic heterocycles. The number of hydrogen-bond acceptors (Lipinski definition) is 4. The maximum Gasteiger partial charge on any atom is 0.307 e. The summed E-state index contributed by atoms with van der Waals surface area (Å²) in [5, 5.41) is 22.8. The standard InChI is InChI=1S/C18H19ClN2O3S/c1-9-2-5-15-12(6-9)14(8-20)17(25-15)21-16(22)13-7-10(19)3-4-11(13)18(23)24/h3,9,11,13H,2,4-7H2,1H3,(H,21,22)(H,23,24)/t9-,11-,13-/m0/s1. The molecule has 3 rings (SSSR count). The van der Waals surface area contributed by atoms with Crippen LogP contribution in [0, 0.1) is 29.1 Å². The van der Waals surface area contributed by atoms with Crippen molar-refractivity contribution in [2.24, 2.45) is 17.8 Å². The second-order valence-corrected chi connectivity index (χ2v) is 8.39. The van der Waals surface area contributed by atoms with Crippen LogP contribution in [0.15, 0.2) is 11.1 Å². The van der Waals surface area contributed by atoms with E-state index in [-0.39, 0.29) is 18.7 Å². The van der Waals surface area contributed by atoms with Crippen LogP contribution in [-0.4, -0.2) is 17.0 Å². The molecule has 2 aliphatic rings. The second kappa shape index (κ2) is 7.19. The Morgan fingerprint density at radius 1 is 1.40 bits per heavy atom. The number of anilines is 1. The summed E-state index contributed by atoms with van der Waals surface area (Å²) in [6, 6.07) is 2.22. The lowest BCUT2D eigenvalue weighted by Crippen LogP contribution is -2.35. The number of nitriles is 1. The number of halogens is 1. The zero-order chi connectivity index (χ0) is 18.1. The number of carbonyl (C=O) groups is 2. The first-order valence-corrected chi connectivity index (χ1v) is 9.53. The summed E-state index contributed by atoms with van der Waals surface area (Å²) in [4.78, 5) is 25.3. The summed E-state index contributed by atoms with van der Waals surface area (Å²) in [5.74, 6) is -2.36. The molecule has 0 aromatic carbocycles. The monoisotopic (exact) mass is 378 g/mol. The first kappa shape index (κ1) is 18.0. The lowest BCUT2D eigenvalue weighted by molar-refractivity contribution is -0.146. The van der Waals surface area contributed by atoms with Crippen molar-refractivity contribution >= 4 is 39.8 Å². The van der Waals surface area contributed by atoms with Crippen LogP contribution in [0.3, 0.4) is 0 Å². The van der Waals surface area contributed by atoms with Gasteiger partial charge < -0.3 is 10.4 Å². The van der Waals surface area contributed by atoms with Crippen LogP contribution in [0.1, 0.15) is 42.2 Å².